The average Bonchev–Trinajstić information content (AvgIpc) is 2.07. The Bertz CT molecular complexity index is 380. The summed E-state index contributed by atoms with van der Waals surface area (Å²) in [5.41, 5.74) is 12.4. The molecule has 4 nitrogen and oxygen atoms in total. The van der Waals surface area contributed by atoms with E-state index in [1.165, 1.54) is 6.07 Å². The van der Waals surface area contributed by atoms with Crippen LogP contribution in [0.2, 0.25) is 0 Å². The molecular weight excluding hydrogens is 200 g/mol. The van der Waals surface area contributed by atoms with Crippen LogP contribution in [0.4, 0.5) is 5.69 Å². The highest BCUT2D eigenvalue weighted by Gasteiger charge is 2.13. The van der Waals surface area contributed by atoms with E-state index in [1.807, 2.05) is 0 Å². The van der Waals surface area contributed by atoms with Crippen molar-refractivity contribution in [3.8, 4) is 0 Å². The first-order chi connectivity index (χ1) is 6.43. The van der Waals surface area contributed by atoms with Crippen molar-refractivity contribution < 1.29 is 9.90 Å². The molecular formula is C9H10N2O2S. The van der Waals surface area contributed by atoms with Crippen LogP contribution in [0.15, 0.2) is 12.1 Å². The van der Waals surface area contributed by atoms with Gasteiger partial charge in [-0.1, -0.05) is 12.2 Å². The van der Waals surface area contributed by atoms with Crippen LogP contribution in [-0.4, -0.2) is 16.1 Å². The SMILES string of the molecule is Cc1cc(C(=O)O)c(N)c(C(N)=S)c1. The minimum atomic E-state index is -1.08. The highest BCUT2D eigenvalue weighted by atomic mass is 32.1. The van der Waals surface area contributed by atoms with Gasteiger partial charge in [0.15, 0.2) is 0 Å². The normalized spacial score (nSPS) is 9.79. The fraction of sp³-hybridized carbons (Fsp3) is 0.111. The summed E-state index contributed by atoms with van der Waals surface area (Å²) in [4.78, 5) is 10.9. The molecule has 0 saturated heterocycles. The lowest BCUT2D eigenvalue weighted by molar-refractivity contribution is 0.0698. The smallest absolute Gasteiger partial charge is 0.337 e. The average molecular weight is 210 g/mol. The van der Waals surface area contributed by atoms with Gasteiger partial charge in [-0.2, -0.15) is 0 Å². The van der Waals surface area contributed by atoms with Gasteiger partial charge in [0.05, 0.1) is 11.3 Å². The highest BCUT2D eigenvalue weighted by molar-refractivity contribution is 7.80. The molecule has 0 fully saturated rings. The van der Waals surface area contributed by atoms with Gasteiger partial charge in [0.1, 0.15) is 4.99 Å². The van der Waals surface area contributed by atoms with Crippen LogP contribution in [-0.2, 0) is 0 Å². The van der Waals surface area contributed by atoms with E-state index in [1.54, 1.807) is 13.0 Å². The van der Waals surface area contributed by atoms with Crippen molar-refractivity contribution in [2.45, 2.75) is 6.92 Å². The van der Waals surface area contributed by atoms with E-state index in [-0.39, 0.29) is 16.2 Å². The van der Waals surface area contributed by atoms with Crippen molar-refractivity contribution >= 4 is 28.9 Å². The van der Waals surface area contributed by atoms with Crippen molar-refractivity contribution in [1.82, 2.24) is 0 Å². The maximum atomic E-state index is 10.8. The fourth-order valence-corrected chi connectivity index (χ4v) is 1.35. The number of benzene rings is 1. The fourth-order valence-electron chi connectivity index (χ4n) is 1.18. The van der Waals surface area contributed by atoms with Crippen molar-refractivity contribution in [3.05, 3.63) is 28.8 Å². The third-order valence-corrected chi connectivity index (χ3v) is 2.04. The van der Waals surface area contributed by atoms with Gasteiger partial charge in [-0.05, 0) is 24.6 Å². The molecule has 1 aromatic rings. The number of nitrogens with two attached hydrogens (primary N) is 2. The Morgan fingerprint density at radius 1 is 1.43 bits per heavy atom. The minimum Gasteiger partial charge on any atom is -0.478 e. The quantitative estimate of drug-likeness (QED) is 0.498. The van der Waals surface area contributed by atoms with Gasteiger partial charge in [-0.25, -0.2) is 4.79 Å². The minimum absolute atomic E-state index is 0.0350. The molecule has 0 atom stereocenters. The summed E-state index contributed by atoms with van der Waals surface area (Å²) in [6.07, 6.45) is 0. The summed E-state index contributed by atoms with van der Waals surface area (Å²) in [5.74, 6) is -1.08. The van der Waals surface area contributed by atoms with Gasteiger partial charge < -0.3 is 16.6 Å². The Balaban J connectivity index is 3.47. The van der Waals surface area contributed by atoms with Gasteiger partial charge in [0.25, 0.3) is 0 Å². The summed E-state index contributed by atoms with van der Waals surface area (Å²) in [6, 6.07) is 3.16. The van der Waals surface area contributed by atoms with E-state index in [0.29, 0.717) is 5.56 Å². The second-order valence-electron chi connectivity index (χ2n) is 2.94. The topological polar surface area (TPSA) is 89.3 Å². The Labute approximate surface area is 86.5 Å². The number of thiocarbonyl (C=S) groups is 1. The molecule has 5 N–H and O–H groups in total. The Morgan fingerprint density at radius 2 is 1.93 bits per heavy atom. The third kappa shape index (κ3) is 1.82. The molecule has 1 aromatic carbocycles. The van der Waals surface area contributed by atoms with Crippen LogP contribution in [0.3, 0.4) is 0 Å². The number of nitrogen functional groups attached to an aromatic ring is 1. The molecule has 0 bridgehead atoms. The predicted octanol–water partition coefficient (Wildman–Crippen LogP) is 0.910. The number of carboxylic acid groups (broad SMARTS) is 1. The van der Waals surface area contributed by atoms with E-state index in [9.17, 15) is 4.79 Å². The van der Waals surface area contributed by atoms with E-state index in [2.05, 4.69) is 0 Å². The number of rotatable bonds is 2. The van der Waals surface area contributed by atoms with Crippen molar-refractivity contribution in [3.63, 3.8) is 0 Å². The molecule has 0 saturated carbocycles. The number of anilines is 1. The second-order valence-corrected chi connectivity index (χ2v) is 3.38. The van der Waals surface area contributed by atoms with Crippen molar-refractivity contribution in [2.24, 2.45) is 5.73 Å². The van der Waals surface area contributed by atoms with Crippen molar-refractivity contribution in [2.75, 3.05) is 5.73 Å². The van der Waals surface area contributed by atoms with Gasteiger partial charge in [-0.15, -0.1) is 0 Å². The van der Waals surface area contributed by atoms with Crippen LogP contribution in [0.5, 0.6) is 0 Å². The van der Waals surface area contributed by atoms with E-state index in [4.69, 9.17) is 28.8 Å². The Hall–Kier alpha value is -1.62. The van der Waals surface area contributed by atoms with E-state index >= 15 is 0 Å². The molecule has 0 aromatic heterocycles. The van der Waals surface area contributed by atoms with Crippen LogP contribution >= 0.6 is 12.2 Å². The molecule has 0 aliphatic carbocycles. The lowest BCUT2D eigenvalue weighted by atomic mass is 10.0. The van der Waals surface area contributed by atoms with Crippen molar-refractivity contribution in [1.29, 1.82) is 0 Å². The zero-order valence-corrected chi connectivity index (χ0v) is 8.39. The lowest BCUT2D eigenvalue weighted by Crippen LogP contribution is -2.15. The molecule has 74 valence electrons. The first kappa shape index (κ1) is 10.5. The molecule has 0 heterocycles. The van der Waals surface area contributed by atoms with Crippen LogP contribution in [0.1, 0.15) is 21.5 Å². The molecule has 14 heavy (non-hydrogen) atoms. The molecule has 0 aliphatic heterocycles. The maximum absolute atomic E-state index is 10.8. The van der Waals surface area contributed by atoms with Crippen LogP contribution in [0, 0.1) is 6.92 Å². The number of aryl methyl sites for hydroxylation is 1. The number of aromatic carboxylic acids is 1. The molecule has 0 spiro atoms. The van der Waals surface area contributed by atoms with E-state index < -0.39 is 5.97 Å². The summed E-state index contributed by atoms with van der Waals surface area (Å²) in [5, 5.41) is 8.83. The second kappa shape index (κ2) is 3.63. The molecule has 0 unspecified atom stereocenters. The van der Waals surface area contributed by atoms with E-state index in [0.717, 1.165) is 5.56 Å². The molecule has 0 amide bonds. The van der Waals surface area contributed by atoms with Gasteiger partial charge in [-0.3, -0.25) is 0 Å². The molecule has 0 radical (unpaired) electrons. The van der Waals surface area contributed by atoms with Gasteiger partial charge in [0.2, 0.25) is 0 Å². The van der Waals surface area contributed by atoms with Gasteiger partial charge in [0, 0.05) is 5.56 Å². The lowest BCUT2D eigenvalue weighted by Gasteiger charge is -2.08. The summed E-state index contributed by atoms with van der Waals surface area (Å²) in [7, 11) is 0. The first-order valence-electron chi connectivity index (χ1n) is 3.86. The zero-order chi connectivity index (χ0) is 10.9. The maximum Gasteiger partial charge on any atom is 0.337 e. The molecule has 1 rings (SSSR count). The number of hydrogen-bond donors (Lipinski definition) is 3. The molecule has 0 aliphatic rings. The highest BCUT2D eigenvalue weighted by Crippen LogP contribution is 2.20. The first-order valence-corrected chi connectivity index (χ1v) is 4.27. The monoisotopic (exact) mass is 210 g/mol. The Morgan fingerprint density at radius 3 is 2.36 bits per heavy atom. The number of carboxylic acids is 1. The van der Waals surface area contributed by atoms with Crippen LogP contribution < -0.4 is 11.5 Å². The summed E-state index contributed by atoms with van der Waals surface area (Å²) in [6.45, 7) is 1.76. The summed E-state index contributed by atoms with van der Waals surface area (Å²) < 4.78 is 0. The third-order valence-electron chi connectivity index (χ3n) is 1.82. The zero-order valence-electron chi connectivity index (χ0n) is 7.57. The largest absolute Gasteiger partial charge is 0.478 e. The van der Waals surface area contributed by atoms with Crippen LogP contribution in [0.25, 0.3) is 0 Å². The standard InChI is InChI=1S/C9H10N2O2S/c1-4-2-5(8(11)14)7(10)6(3-4)9(12)13/h2-3H,10H2,1H3,(H2,11,14)(H,12,13). The van der Waals surface area contributed by atoms with Gasteiger partial charge >= 0.3 is 5.97 Å². The predicted molar refractivity (Wildman–Crippen MR) is 58.4 cm³/mol. The Kier molecular flexibility index (Phi) is 2.71. The number of hydrogen-bond acceptors (Lipinski definition) is 3. The number of carbonyl (C=O) groups is 1. The summed E-state index contributed by atoms with van der Waals surface area (Å²) >= 11 is 4.76. The molecule has 5 heteroatoms.